The van der Waals surface area contributed by atoms with Crippen LogP contribution in [-0.2, 0) is 10.0 Å². The van der Waals surface area contributed by atoms with Crippen molar-refractivity contribution in [3.05, 3.63) is 48.0 Å². The van der Waals surface area contributed by atoms with Crippen LogP contribution in [0.1, 0.15) is 5.69 Å². The number of halogens is 1. The number of hydrogen-bond acceptors (Lipinski definition) is 5. The van der Waals surface area contributed by atoms with Crippen molar-refractivity contribution >= 4 is 10.0 Å². The maximum absolute atomic E-state index is 13.3. The third-order valence-electron chi connectivity index (χ3n) is 3.09. The minimum Gasteiger partial charge on any atom is -0.495 e. The Bertz CT molecular complexity index is 887. The average Bonchev–Trinajstić information content (AvgIpc) is 2.59. The van der Waals surface area contributed by atoms with Gasteiger partial charge < -0.3 is 9.47 Å². The molecular weight excluding hydrogens is 347 g/mol. The van der Waals surface area contributed by atoms with Crippen LogP contribution in [0.3, 0.4) is 0 Å². The second kappa shape index (κ2) is 8.46. The van der Waals surface area contributed by atoms with Gasteiger partial charge in [-0.05, 0) is 37.3 Å². The summed E-state index contributed by atoms with van der Waals surface area (Å²) in [7, 11) is -2.63. The van der Waals surface area contributed by atoms with Gasteiger partial charge in [0.25, 0.3) is 0 Å². The molecule has 25 heavy (non-hydrogen) atoms. The fourth-order valence-electron chi connectivity index (χ4n) is 1.84. The topological polar surface area (TPSA) is 77.5 Å². The van der Waals surface area contributed by atoms with E-state index in [2.05, 4.69) is 21.5 Å². The highest BCUT2D eigenvalue weighted by molar-refractivity contribution is 7.89. The Balaban J connectivity index is 1.91. The van der Waals surface area contributed by atoms with Gasteiger partial charge in [-0.25, -0.2) is 12.8 Å². The van der Waals surface area contributed by atoms with E-state index in [1.165, 1.54) is 13.2 Å². The molecule has 1 heterocycles. The summed E-state index contributed by atoms with van der Waals surface area (Å²) in [4.78, 5) is 3.80. The zero-order chi connectivity index (χ0) is 18.3. The lowest BCUT2D eigenvalue weighted by Crippen LogP contribution is -2.24. The van der Waals surface area contributed by atoms with Gasteiger partial charge in [0.2, 0.25) is 10.0 Å². The minimum atomic E-state index is -3.94. The second-order valence-corrected chi connectivity index (χ2v) is 6.63. The van der Waals surface area contributed by atoms with Gasteiger partial charge in [0.05, 0.1) is 19.9 Å². The number of ether oxygens (including phenoxy) is 2. The van der Waals surface area contributed by atoms with Gasteiger partial charge >= 0.3 is 0 Å². The molecule has 1 aromatic heterocycles. The van der Waals surface area contributed by atoms with Gasteiger partial charge in [-0.3, -0.25) is 4.98 Å². The van der Waals surface area contributed by atoms with Crippen molar-refractivity contribution in [3.8, 4) is 23.3 Å². The summed E-state index contributed by atoms with van der Waals surface area (Å²) in [5, 5.41) is 0. The lowest BCUT2D eigenvalue weighted by Gasteiger charge is -2.09. The summed E-state index contributed by atoms with van der Waals surface area (Å²) in [6, 6.07) is 6.84. The molecule has 0 bridgehead atoms. The third-order valence-corrected chi connectivity index (χ3v) is 4.51. The Hall–Kier alpha value is -2.63. The van der Waals surface area contributed by atoms with Crippen molar-refractivity contribution in [1.29, 1.82) is 0 Å². The molecule has 0 unspecified atom stereocenters. The average molecular weight is 364 g/mol. The number of nitrogens with zero attached hydrogens (tertiary/aromatic N) is 1. The van der Waals surface area contributed by atoms with Crippen LogP contribution in [0.15, 0.2) is 41.4 Å². The zero-order valence-electron chi connectivity index (χ0n) is 13.7. The SMILES string of the molecule is COc1ccc(F)cc1S(=O)(=O)NCC#CCOc1ccc(C)nc1. The molecule has 2 rings (SSSR count). The van der Waals surface area contributed by atoms with E-state index in [4.69, 9.17) is 9.47 Å². The van der Waals surface area contributed by atoms with Gasteiger partial charge in [0, 0.05) is 5.69 Å². The zero-order valence-corrected chi connectivity index (χ0v) is 14.6. The van der Waals surface area contributed by atoms with Crippen LogP contribution in [0.4, 0.5) is 4.39 Å². The fraction of sp³-hybridized carbons (Fsp3) is 0.235. The number of pyridine rings is 1. The molecule has 0 spiro atoms. The summed E-state index contributed by atoms with van der Waals surface area (Å²) >= 11 is 0. The van der Waals surface area contributed by atoms with Crippen molar-refractivity contribution in [2.75, 3.05) is 20.3 Å². The fourth-order valence-corrected chi connectivity index (χ4v) is 2.94. The first kappa shape index (κ1) is 18.7. The molecule has 8 heteroatoms. The van der Waals surface area contributed by atoms with Crippen LogP contribution in [0.2, 0.25) is 0 Å². The van der Waals surface area contributed by atoms with Crippen LogP contribution in [-0.4, -0.2) is 33.7 Å². The molecule has 0 saturated carbocycles. The molecule has 0 aliphatic heterocycles. The molecule has 6 nitrogen and oxygen atoms in total. The smallest absolute Gasteiger partial charge is 0.245 e. The largest absolute Gasteiger partial charge is 0.495 e. The van der Waals surface area contributed by atoms with Crippen molar-refractivity contribution in [3.63, 3.8) is 0 Å². The van der Waals surface area contributed by atoms with E-state index in [1.807, 2.05) is 13.0 Å². The number of aryl methyl sites for hydroxylation is 1. The first-order valence-corrected chi connectivity index (χ1v) is 8.75. The maximum atomic E-state index is 13.3. The number of hydrogen-bond donors (Lipinski definition) is 1. The first-order chi connectivity index (χ1) is 11.9. The van der Waals surface area contributed by atoms with Crippen molar-refractivity contribution in [2.45, 2.75) is 11.8 Å². The molecule has 0 saturated heterocycles. The summed E-state index contributed by atoms with van der Waals surface area (Å²) in [5.41, 5.74) is 0.876. The number of sulfonamides is 1. The van der Waals surface area contributed by atoms with Crippen LogP contribution < -0.4 is 14.2 Å². The maximum Gasteiger partial charge on any atom is 0.245 e. The number of rotatable bonds is 6. The second-order valence-electron chi connectivity index (χ2n) is 4.90. The van der Waals surface area contributed by atoms with Gasteiger partial charge in [-0.15, -0.1) is 0 Å². The highest BCUT2D eigenvalue weighted by atomic mass is 32.2. The highest BCUT2D eigenvalue weighted by Gasteiger charge is 2.19. The molecule has 0 aliphatic carbocycles. The van der Waals surface area contributed by atoms with E-state index in [1.54, 1.807) is 12.3 Å². The monoisotopic (exact) mass is 364 g/mol. The molecule has 1 N–H and O–H groups in total. The molecule has 0 amide bonds. The Kier molecular flexibility index (Phi) is 6.33. The van der Waals surface area contributed by atoms with Gasteiger partial charge in [0.15, 0.2) is 0 Å². The standard InChI is InChI=1S/C17H17FN2O4S/c1-13-5-7-15(12-19-13)24-10-4-3-9-20-25(21,22)17-11-14(18)6-8-16(17)23-2/h5-8,11-12,20H,9-10H2,1-2H3. The molecule has 0 atom stereocenters. The number of methoxy groups -OCH3 is 1. The minimum absolute atomic E-state index is 0.0528. The Morgan fingerprint density at radius 2 is 2.04 bits per heavy atom. The summed E-state index contributed by atoms with van der Waals surface area (Å²) in [5.74, 6) is 5.26. The molecular formula is C17H17FN2O4S. The molecule has 132 valence electrons. The molecule has 1 aromatic carbocycles. The number of benzene rings is 1. The lowest BCUT2D eigenvalue weighted by molar-refractivity contribution is 0.368. The van der Waals surface area contributed by atoms with E-state index in [0.29, 0.717) is 5.75 Å². The van der Waals surface area contributed by atoms with E-state index >= 15 is 0 Å². The first-order valence-electron chi connectivity index (χ1n) is 7.27. The van der Waals surface area contributed by atoms with Crippen LogP contribution in [0.5, 0.6) is 11.5 Å². The molecule has 0 fully saturated rings. The van der Waals surface area contributed by atoms with Crippen molar-refractivity contribution < 1.29 is 22.3 Å². The van der Waals surface area contributed by atoms with Gasteiger partial charge in [-0.2, -0.15) is 4.72 Å². The van der Waals surface area contributed by atoms with E-state index in [0.717, 1.165) is 17.8 Å². The summed E-state index contributed by atoms with van der Waals surface area (Å²) < 4.78 is 50.2. The number of aromatic nitrogens is 1. The van der Waals surface area contributed by atoms with Gasteiger partial charge in [-0.1, -0.05) is 11.8 Å². The third kappa shape index (κ3) is 5.45. The highest BCUT2D eigenvalue weighted by Crippen LogP contribution is 2.23. The van der Waals surface area contributed by atoms with Crippen LogP contribution >= 0.6 is 0 Å². The van der Waals surface area contributed by atoms with Crippen molar-refractivity contribution in [2.24, 2.45) is 0 Å². The predicted molar refractivity (Wildman–Crippen MR) is 90.4 cm³/mol. The number of nitrogens with one attached hydrogen (secondary N) is 1. The lowest BCUT2D eigenvalue weighted by atomic mass is 10.3. The summed E-state index contributed by atoms with van der Waals surface area (Å²) in [6.45, 7) is 1.82. The molecule has 2 aromatic rings. The predicted octanol–water partition coefficient (Wildman–Crippen LogP) is 1.90. The van der Waals surface area contributed by atoms with Crippen LogP contribution in [0.25, 0.3) is 0 Å². The molecule has 0 radical (unpaired) electrons. The van der Waals surface area contributed by atoms with E-state index in [9.17, 15) is 12.8 Å². The quantitative estimate of drug-likeness (QED) is 0.792. The Morgan fingerprint density at radius 1 is 1.24 bits per heavy atom. The van der Waals surface area contributed by atoms with E-state index < -0.39 is 15.8 Å². The van der Waals surface area contributed by atoms with Gasteiger partial charge in [0.1, 0.15) is 28.8 Å². The van der Waals surface area contributed by atoms with Crippen molar-refractivity contribution in [1.82, 2.24) is 9.71 Å². The Labute approximate surface area is 146 Å². The van der Waals surface area contributed by atoms with Crippen LogP contribution in [0, 0.1) is 24.6 Å². The van der Waals surface area contributed by atoms with E-state index in [-0.39, 0.29) is 23.8 Å². The molecule has 0 aliphatic rings. The normalized spacial score (nSPS) is 10.7. The summed E-state index contributed by atoms with van der Waals surface area (Å²) in [6.07, 6.45) is 1.58. The Morgan fingerprint density at radius 3 is 2.72 bits per heavy atom.